The first-order chi connectivity index (χ1) is 11.1. The molecular weight excluding hydrogens is 335 g/mol. The molecule has 0 saturated heterocycles. The van der Waals surface area contributed by atoms with Crippen LogP contribution in [0.15, 0.2) is 0 Å². The number of hydrogen-bond acceptors (Lipinski definition) is 5. The normalized spacial score (nSPS) is 21.2. The number of halogens is 2. The van der Waals surface area contributed by atoms with E-state index in [-0.39, 0.29) is 28.9 Å². The molecule has 134 valence electrons. The van der Waals surface area contributed by atoms with Gasteiger partial charge in [-0.2, -0.15) is 4.98 Å². The summed E-state index contributed by atoms with van der Waals surface area (Å²) in [4.78, 5) is 19.6. The summed E-state index contributed by atoms with van der Waals surface area (Å²) in [6, 6.07) is -0.0221. The maximum absolute atomic E-state index is 14.1. The highest BCUT2D eigenvalue weighted by atomic mass is 35.5. The molecule has 6 nitrogen and oxygen atoms in total. The number of hydrogen-bond donors (Lipinski definition) is 2. The number of aromatic nitrogens is 2. The van der Waals surface area contributed by atoms with Gasteiger partial charge in [-0.25, -0.2) is 14.2 Å². The van der Waals surface area contributed by atoms with Crippen molar-refractivity contribution in [3.63, 3.8) is 0 Å². The first-order valence-corrected chi connectivity index (χ1v) is 8.47. The fourth-order valence-corrected chi connectivity index (χ4v) is 2.95. The monoisotopic (exact) mass is 358 g/mol. The van der Waals surface area contributed by atoms with Crippen LogP contribution in [-0.4, -0.2) is 33.7 Å². The van der Waals surface area contributed by atoms with Crippen LogP contribution >= 0.6 is 11.6 Å². The number of aryl methyl sites for hydroxylation is 1. The lowest BCUT2D eigenvalue weighted by Crippen LogP contribution is -2.44. The minimum absolute atomic E-state index is 0.00134. The van der Waals surface area contributed by atoms with Gasteiger partial charge >= 0.3 is 6.09 Å². The second kappa shape index (κ2) is 7.51. The molecule has 2 rings (SSSR count). The largest absolute Gasteiger partial charge is 0.444 e. The minimum Gasteiger partial charge on any atom is -0.444 e. The molecule has 0 bridgehead atoms. The van der Waals surface area contributed by atoms with Crippen molar-refractivity contribution in [1.29, 1.82) is 0 Å². The molecule has 1 amide bonds. The predicted molar refractivity (Wildman–Crippen MR) is 90.8 cm³/mol. The second-order valence-corrected chi connectivity index (χ2v) is 7.43. The molecule has 0 aromatic carbocycles. The number of ether oxygens (including phenoxy) is 1. The molecule has 8 heteroatoms. The second-order valence-electron chi connectivity index (χ2n) is 7.09. The van der Waals surface area contributed by atoms with E-state index in [0.29, 0.717) is 6.42 Å². The molecule has 1 heterocycles. The third kappa shape index (κ3) is 5.47. The summed E-state index contributed by atoms with van der Waals surface area (Å²) in [7, 11) is 0. The highest BCUT2D eigenvalue weighted by molar-refractivity contribution is 6.28. The highest BCUT2D eigenvalue weighted by Crippen LogP contribution is 2.24. The van der Waals surface area contributed by atoms with Crippen LogP contribution in [0.1, 0.15) is 52.1 Å². The van der Waals surface area contributed by atoms with E-state index in [0.717, 1.165) is 19.3 Å². The lowest BCUT2D eigenvalue weighted by molar-refractivity contribution is 0.0492. The number of amides is 1. The van der Waals surface area contributed by atoms with Crippen LogP contribution in [0.2, 0.25) is 5.28 Å². The third-order valence-electron chi connectivity index (χ3n) is 3.73. The maximum Gasteiger partial charge on any atom is 0.407 e. The van der Waals surface area contributed by atoms with Crippen molar-refractivity contribution >= 4 is 23.5 Å². The SMILES string of the molecule is Cc1nc(Cl)nc(N[C@H]2CCC[C@@H](NC(=O)OC(C)(C)C)C2)c1F. The van der Waals surface area contributed by atoms with Crippen molar-refractivity contribution in [2.24, 2.45) is 0 Å². The van der Waals surface area contributed by atoms with Gasteiger partial charge in [-0.3, -0.25) is 0 Å². The number of carbonyl (C=O) groups is 1. The Bertz CT molecular complexity index is 606. The van der Waals surface area contributed by atoms with Gasteiger partial charge in [0.25, 0.3) is 0 Å². The summed E-state index contributed by atoms with van der Waals surface area (Å²) in [6.45, 7) is 7.01. The van der Waals surface area contributed by atoms with Gasteiger partial charge in [0.15, 0.2) is 11.6 Å². The fourth-order valence-electron chi connectivity index (χ4n) is 2.74. The summed E-state index contributed by atoms with van der Waals surface area (Å²) in [6.07, 6.45) is 2.88. The van der Waals surface area contributed by atoms with E-state index in [1.54, 1.807) is 6.92 Å². The highest BCUT2D eigenvalue weighted by Gasteiger charge is 2.26. The van der Waals surface area contributed by atoms with Crippen LogP contribution in [0.3, 0.4) is 0 Å². The Labute approximate surface area is 146 Å². The molecule has 2 N–H and O–H groups in total. The summed E-state index contributed by atoms with van der Waals surface area (Å²) >= 11 is 5.80. The zero-order chi connectivity index (χ0) is 17.9. The van der Waals surface area contributed by atoms with E-state index in [1.165, 1.54) is 0 Å². The quantitative estimate of drug-likeness (QED) is 0.803. The van der Waals surface area contributed by atoms with E-state index in [2.05, 4.69) is 20.6 Å². The van der Waals surface area contributed by atoms with E-state index in [1.807, 2.05) is 20.8 Å². The molecule has 24 heavy (non-hydrogen) atoms. The molecule has 0 unspecified atom stereocenters. The van der Waals surface area contributed by atoms with Crippen molar-refractivity contribution in [2.45, 2.75) is 71.1 Å². The lowest BCUT2D eigenvalue weighted by Gasteiger charge is -2.31. The molecule has 0 radical (unpaired) electrons. The smallest absolute Gasteiger partial charge is 0.407 e. The average molecular weight is 359 g/mol. The molecule has 1 fully saturated rings. The van der Waals surface area contributed by atoms with Crippen LogP contribution in [0, 0.1) is 12.7 Å². The number of nitrogens with one attached hydrogen (secondary N) is 2. The fraction of sp³-hybridized carbons (Fsp3) is 0.688. The third-order valence-corrected chi connectivity index (χ3v) is 3.89. The van der Waals surface area contributed by atoms with Crippen LogP contribution in [0.5, 0.6) is 0 Å². The molecule has 1 aromatic rings. The summed E-state index contributed by atoms with van der Waals surface area (Å²) < 4.78 is 19.4. The Balaban J connectivity index is 1.95. The Morgan fingerprint density at radius 1 is 1.29 bits per heavy atom. The van der Waals surface area contributed by atoms with Crippen molar-refractivity contribution in [1.82, 2.24) is 15.3 Å². The number of carbonyl (C=O) groups excluding carboxylic acids is 1. The Kier molecular flexibility index (Phi) is 5.85. The van der Waals surface area contributed by atoms with Crippen molar-refractivity contribution < 1.29 is 13.9 Å². The number of anilines is 1. The summed E-state index contributed by atoms with van der Waals surface area (Å²) in [5, 5.41) is 5.96. The summed E-state index contributed by atoms with van der Waals surface area (Å²) in [5.41, 5.74) is -0.328. The average Bonchev–Trinajstić information content (AvgIpc) is 2.42. The molecule has 0 spiro atoms. The van der Waals surface area contributed by atoms with Gasteiger partial charge in [-0.15, -0.1) is 0 Å². The van der Waals surface area contributed by atoms with Gasteiger partial charge in [0, 0.05) is 12.1 Å². The Hall–Kier alpha value is -1.63. The standard InChI is InChI=1S/C16H24ClFN4O2/c1-9-12(18)13(22-14(17)19-9)20-10-6-5-7-11(8-10)21-15(23)24-16(2,3)4/h10-11H,5-8H2,1-4H3,(H,21,23)(H,19,20,22)/t10-,11+/m0/s1. The van der Waals surface area contributed by atoms with Gasteiger partial charge in [-0.05, 0) is 65.0 Å². The molecule has 2 atom stereocenters. The van der Waals surface area contributed by atoms with E-state index in [4.69, 9.17) is 16.3 Å². The van der Waals surface area contributed by atoms with Gasteiger partial charge < -0.3 is 15.4 Å². The topological polar surface area (TPSA) is 76.1 Å². The Morgan fingerprint density at radius 2 is 1.96 bits per heavy atom. The zero-order valence-electron chi connectivity index (χ0n) is 14.4. The Morgan fingerprint density at radius 3 is 2.62 bits per heavy atom. The van der Waals surface area contributed by atoms with Crippen LogP contribution in [-0.2, 0) is 4.74 Å². The van der Waals surface area contributed by atoms with Gasteiger partial charge in [0.2, 0.25) is 5.28 Å². The number of nitrogens with zero attached hydrogens (tertiary/aromatic N) is 2. The zero-order valence-corrected chi connectivity index (χ0v) is 15.2. The van der Waals surface area contributed by atoms with Gasteiger partial charge in [-0.1, -0.05) is 0 Å². The molecular formula is C16H24ClFN4O2. The predicted octanol–water partition coefficient (Wildman–Crippen LogP) is 3.83. The van der Waals surface area contributed by atoms with E-state index < -0.39 is 17.5 Å². The number of rotatable bonds is 3. The van der Waals surface area contributed by atoms with Crippen LogP contribution in [0.4, 0.5) is 15.0 Å². The molecule has 1 aliphatic rings. The molecule has 1 saturated carbocycles. The van der Waals surface area contributed by atoms with Crippen LogP contribution < -0.4 is 10.6 Å². The number of alkyl carbamates (subject to hydrolysis) is 1. The van der Waals surface area contributed by atoms with Crippen LogP contribution in [0.25, 0.3) is 0 Å². The first-order valence-electron chi connectivity index (χ1n) is 8.10. The minimum atomic E-state index is -0.533. The molecule has 1 aromatic heterocycles. The van der Waals surface area contributed by atoms with Gasteiger partial charge in [0.05, 0.1) is 5.69 Å². The maximum atomic E-state index is 14.1. The lowest BCUT2D eigenvalue weighted by atomic mass is 9.91. The first kappa shape index (κ1) is 18.7. The summed E-state index contributed by atoms with van der Waals surface area (Å²) in [5.74, 6) is -0.392. The van der Waals surface area contributed by atoms with Crippen molar-refractivity contribution in [3.05, 3.63) is 16.8 Å². The van der Waals surface area contributed by atoms with E-state index in [9.17, 15) is 9.18 Å². The van der Waals surface area contributed by atoms with E-state index >= 15 is 0 Å². The van der Waals surface area contributed by atoms with Crippen molar-refractivity contribution in [2.75, 3.05) is 5.32 Å². The van der Waals surface area contributed by atoms with Crippen molar-refractivity contribution in [3.8, 4) is 0 Å². The molecule has 1 aliphatic carbocycles. The molecule has 0 aliphatic heterocycles. The van der Waals surface area contributed by atoms with Gasteiger partial charge in [0.1, 0.15) is 5.60 Å².